The maximum Gasteiger partial charge on any atom is 0.238 e. The Balaban J connectivity index is 1.40. The van der Waals surface area contributed by atoms with Crippen LogP contribution in [-0.2, 0) is 9.59 Å². The van der Waals surface area contributed by atoms with Crippen molar-refractivity contribution < 1.29 is 9.59 Å². The van der Waals surface area contributed by atoms with Crippen LogP contribution < -0.4 is 10.6 Å². The van der Waals surface area contributed by atoms with Gasteiger partial charge in [-0.25, -0.2) is 4.98 Å². The van der Waals surface area contributed by atoms with Crippen molar-refractivity contribution in [3.8, 4) is 11.3 Å². The fourth-order valence-electron chi connectivity index (χ4n) is 2.64. The van der Waals surface area contributed by atoms with Crippen LogP contribution in [0.1, 0.15) is 6.42 Å². The molecule has 4 rings (SSSR count). The molecule has 2 aromatic carbocycles. The third-order valence-electron chi connectivity index (χ3n) is 3.90. The van der Waals surface area contributed by atoms with Gasteiger partial charge in [0.15, 0.2) is 5.13 Å². The quantitative estimate of drug-likeness (QED) is 0.709. The van der Waals surface area contributed by atoms with Crippen molar-refractivity contribution in [3.63, 3.8) is 0 Å². The zero-order valence-electron chi connectivity index (χ0n) is 13.6. The Kier molecular flexibility index (Phi) is 4.73. The standard InChI is InChI=1S/C19H15N3O2S2/c23-17(10-16-18(24)20-13-8-4-5-9-15(13)26-16)22-19-21-14(11-25-19)12-6-2-1-3-7-12/h1-9,11,16H,10H2,(H,20,24)(H,21,22,23)/t16-/m0/s1. The lowest BCUT2D eigenvalue weighted by Gasteiger charge is -2.23. The van der Waals surface area contributed by atoms with Crippen molar-refractivity contribution in [3.05, 3.63) is 60.0 Å². The van der Waals surface area contributed by atoms with Crippen molar-refractivity contribution in [2.24, 2.45) is 0 Å². The van der Waals surface area contributed by atoms with E-state index in [1.165, 1.54) is 23.1 Å². The number of hydrogen-bond acceptors (Lipinski definition) is 5. The van der Waals surface area contributed by atoms with Crippen LogP contribution in [0.2, 0.25) is 0 Å². The largest absolute Gasteiger partial charge is 0.324 e. The van der Waals surface area contributed by atoms with Gasteiger partial charge in [0.2, 0.25) is 11.8 Å². The Bertz CT molecular complexity index is 956. The Hall–Kier alpha value is -2.64. The van der Waals surface area contributed by atoms with Crippen LogP contribution in [0, 0.1) is 0 Å². The zero-order chi connectivity index (χ0) is 17.9. The van der Waals surface area contributed by atoms with Gasteiger partial charge in [0.25, 0.3) is 0 Å². The highest BCUT2D eigenvalue weighted by atomic mass is 32.2. The number of thiazole rings is 1. The summed E-state index contributed by atoms with van der Waals surface area (Å²) in [5.41, 5.74) is 2.62. The van der Waals surface area contributed by atoms with E-state index in [0.717, 1.165) is 21.8 Å². The van der Waals surface area contributed by atoms with E-state index in [-0.39, 0.29) is 18.2 Å². The first kappa shape index (κ1) is 16.8. The lowest BCUT2D eigenvalue weighted by atomic mass is 10.2. The first-order valence-electron chi connectivity index (χ1n) is 8.06. The van der Waals surface area contributed by atoms with Gasteiger partial charge in [0.05, 0.1) is 16.6 Å². The maximum atomic E-state index is 12.3. The predicted octanol–water partition coefficient (Wildman–Crippen LogP) is 4.25. The van der Waals surface area contributed by atoms with Crippen molar-refractivity contribution in [1.29, 1.82) is 0 Å². The number of anilines is 2. The highest BCUT2D eigenvalue weighted by Crippen LogP contribution is 2.36. The van der Waals surface area contributed by atoms with Crippen LogP contribution in [0.3, 0.4) is 0 Å². The molecule has 26 heavy (non-hydrogen) atoms. The molecule has 0 aliphatic carbocycles. The van der Waals surface area contributed by atoms with Gasteiger partial charge in [-0.15, -0.1) is 23.1 Å². The minimum atomic E-state index is -0.446. The van der Waals surface area contributed by atoms with Crippen LogP contribution in [0.4, 0.5) is 10.8 Å². The summed E-state index contributed by atoms with van der Waals surface area (Å²) in [7, 11) is 0. The Morgan fingerprint density at radius 1 is 1.12 bits per heavy atom. The molecule has 2 heterocycles. The van der Waals surface area contributed by atoms with E-state index >= 15 is 0 Å². The molecule has 0 fully saturated rings. The molecule has 0 radical (unpaired) electrons. The molecule has 5 nitrogen and oxygen atoms in total. The van der Waals surface area contributed by atoms with Gasteiger partial charge in [0.1, 0.15) is 0 Å². The van der Waals surface area contributed by atoms with E-state index in [4.69, 9.17) is 0 Å². The molecule has 2 amide bonds. The number of hydrogen-bond donors (Lipinski definition) is 2. The number of nitrogens with one attached hydrogen (secondary N) is 2. The van der Waals surface area contributed by atoms with Crippen molar-refractivity contribution in [1.82, 2.24) is 4.98 Å². The molecule has 1 atom stereocenters. The van der Waals surface area contributed by atoms with Gasteiger partial charge >= 0.3 is 0 Å². The smallest absolute Gasteiger partial charge is 0.238 e. The molecule has 7 heteroatoms. The number of rotatable bonds is 4. The average molecular weight is 381 g/mol. The minimum Gasteiger partial charge on any atom is -0.324 e. The highest BCUT2D eigenvalue weighted by molar-refractivity contribution is 8.01. The number of carbonyl (C=O) groups excluding carboxylic acids is 2. The second-order valence-electron chi connectivity index (χ2n) is 5.75. The van der Waals surface area contributed by atoms with Gasteiger partial charge in [0, 0.05) is 22.3 Å². The summed E-state index contributed by atoms with van der Waals surface area (Å²) in [4.78, 5) is 30.0. The van der Waals surface area contributed by atoms with Crippen LogP contribution in [0.25, 0.3) is 11.3 Å². The maximum absolute atomic E-state index is 12.3. The van der Waals surface area contributed by atoms with E-state index in [2.05, 4.69) is 15.6 Å². The number of thioether (sulfide) groups is 1. The topological polar surface area (TPSA) is 71.1 Å². The third kappa shape index (κ3) is 3.63. The summed E-state index contributed by atoms with van der Waals surface area (Å²) < 4.78 is 0. The highest BCUT2D eigenvalue weighted by Gasteiger charge is 2.29. The van der Waals surface area contributed by atoms with E-state index in [9.17, 15) is 9.59 Å². The van der Waals surface area contributed by atoms with Crippen LogP contribution in [0.15, 0.2) is 64.9 Å². The Labute approximate surface area is 158 Å². The molecule has 1 aromatic heterocycles. The second kappa shape index (κ2) is 7.31. The molecule has 130 valence electrons. The molecule has 0 saturated carbocycles. The van der Waals surface area contributed by atoms with E-state index < -0.39 is 5.25 Å². The molecule has 0 bridgehead atoms. The Morgan fingerprint density at radius 2 is 1.88 bits per heavy atom. The number of fused-ring (bicyclic) bond motifs is 1. The minimum absolute atomic E-state index is 0.102. The zero-order valence-corrected chi connectivity index (χ0v) is 15.3. The average Bonchev–Trinajstić information content (AvgIpc) is 3.11. The fraction of sp³-hybridized carbons (Fsp3) is 0.105. The number of nitrogens with zero attached hydrogens (tertiary/aromatic N) is 1. The molecule has 1 aliphatic rings. The summed E-state index contributed by atoms with van der Waals surface area (Å²) >= 11 is 2.79. The molecular formula is C19H15N3O2S2. The van der Waals surface area contributed by atoms with E-state index in [0.29, 0.717) is 5.13 Å². The normalized spacial score (nSPS) is 15.8. The van der Waals surface area contributed by atoms with Gasteiger partial charge in [-0.1, -0.05) is 42.5 Å². The molecule has 0 unspecified atom stereocenters. The summed E-state index contributed by atoms with van der Waals surface area (Å²) in [5.74, 6) is -0.362. The van der Waals surface area contributed by atoms with E-state index in [1.807, 2.05) is 60.0 Å². The second-order valence-corrected chi connectivity index (χ2v) is 7.85. The molecule has 1 aliphatic heterocycles. The predicted molar refractivity (Wildman–Crippen MR) is 106 cm³/mol. The van der Waals surface area contributed by atoms with Crippen molar-refractivity contribution in [2.75, 3.05) is 10.6 Å². The molecule has 3 aromatic rings. The number of aromatic nitrogens is 1. The molecule has 0 saturated heterocycles. The van der Waals surface area contributed by atoms with E-state index in [1.54, 1.807) is 0 Å². The van der Waals surface area contributed by atoms with Gasteiger partial charge in [-0.3, -0.25) is 9.59 Å². The number of amides is 2. The van der Waals surface area contributed by atoms with Gasteiger partial charge in [-0.05, 0) is 12.1 Å². The molecule has 2 N–H and O–H groups in total. The van der Waals surface area contributed by atoms with Crippen molar-refractivity contribution in [2.45, 2.75) is 16.6 Å². The number of carbonyl (C=O) groups is 2. The SMILES string of the molecule is O=C(C[C@@H]1Sc2ccccc2NC1=O)Nc1nc(-c2ccccc2)cs1. The van der Waals surface area contributed by atoms with Gasteiger partial charge in [-0.2, -0.15) is 0 Å². The van der Waals surface area contributed by atoms with Crippen molar-refractivity contribution >= 4 is 45.7 Å². The Morgan fingerprint density at radius 3 is 2.73 bits per heavy atom. The monoisotopic (exact) mass is 381 g/mol. The summed E-state index contributed by atoms with van der Waals surface area (Å²) in [6, 6.07) is 17.4. The first-order valence-corrected chi connectivity index (χ1v) is 9.82. The van der Waals surface area contributed by atoms with Crippen LogP contribution in [0.5, 0.6) is 0 Å². The van der Waals surface area contributed by atoms with Crippen LogP contribution >= 0.6 is 23.1 Å². The van der Waals surface area contributed by atoms with Gasteiger partial charge < -0.3 is 10.6 Å². The first-order chi connectivity index (χ1) is 12.7. The molecular weight excluding hydrogens is 366 g/mol. The summed E-state index contributed by atoms with van der Waals surface area (Å²) in [6.45, 7) is 0. The fourth-order valence-corrected chi connectivity index (χ4v) is 4.48. The third-order valence-corrected chi connectivity index (χ3v) is 5.93. The summed E-state index contributed by atoms with van der Waals surface area (Å²) in [6.07, 6.45) is 0.102. The lowest BCUT2D eigenvalue weighted by molar-refractivity contribution is -0.120. The number of para-hydroxylation sites is 1. The summed E-state index contributed by atoms with van der Waals surface area (Å²) in [5, 5.41) is 7.65. The van der Waals surface area contributed by atoms with Crippen LogP contribution in [-0.4, -0.2) is 22.0 Å². The number of benzene rings is 2. The lowest BCUT2D eigenvalue weighted by Crippen LogP contribution is -2.32. The molecule has 0 spiro atoms.